The summed E-state index contributed by atoms with van der Waals surface area (Å²) in [5.41, 5.74) is -0.479. The maximum absolute atomic E-state index is 12.4. The number of hydrogen-bond acceptors (Lipinski definition) is 5. The Labute approximate surface area is 171 Å². The Morgan fingerprint density at radius 1 is 1.17 bits per heavy atom. The summed E-state index contributed by atoms with van der Waals surface area (Å²) < 4.78 is 11.5. The molecule has 2 aromatic rings. The van der Waals surface area contributed by atoms with Crippen molar-refractivity contribution in [2.75, 3.05) is 6.61 Å². The van der Waals surface area contributed by atoms with Gasteiger partial charge in [-0.05, 0) is 42.9 Å². The number of ketones is 1. The third-order valence-corrected chi connectivity index (χ3v) is 8.21. The van der Waals surface area contributed by atoms with Gasteiger partial charge in [0.2, 0.25) is 0 Å². The van der Waals surface area contributed by atoms with Gasteiger partial charge in [-0.15, -0.1) is 0 Å². The van der Waals surface area contributed by atoms with Crippen molar-refractivity contribution in [1.29, 1.82) is 0 Å². The molecule has 0 bridgehead atoms. The lowest BCUT2D eigenvalue weighted by Gasteiger charge is -2.61. The van der Waals surface area contributed by atoms with E-state index in [2.05, 4.69) is 20.8 Å². The minimum absolute atomic E-state index is 0.155. The van der Waals surface area contributed by atoms with E-state index in [0.717, 1.165) is 11.8 Å². The van der Waals surface area contributed by atoms with Crippen LogP contribution in [0.1, 0.15) is 47.0 Å². The predicted octanol–water partition coefficient (Wildman–Crippen LogP) is 4.20. The van der Waals surface area contributed by atoms with Crippen LogP contribution in [0.2, 0.25) is 0 Å². The fourth-order valence-corrected chi connectivity index (χ4v) is 5.84. The first-order valence-corrected chi connectivity index (χ1v) is 10.5. The molecule has 0 unspecified atom stereocenters. The molecule has 0 radical (unpaired) electrons. The summed E-state index contributed by atoms with van der Waals surface area (Å²) in [4.78, 5) is 24.0. The summed E-state index contributed by atoms with van der Waals surface area (Å²) in [6, 6.07) is 8.68. The van der Waals surface area contributed by atoms with Crippen molar-refractivity contribution in [3.05, 3.63) is 40.8 Å². The smallest absolute Gasteiger partial charge is 0.336 e. The van der Waals surface area contributed by atoms with E-state index in [0.29, 0.717) is 30.8 Å². The normalized spacial score (nSPS) is 37.3. The number of hydrogen-bond donors (Lipinski definition) is 1. The average molecular weight is 398 g/mol. The molecule has 29 heavy (non-hydrogen) atoms. The van der Waals surface area contributed by atoms with Crippen LogP contribution in [-0.4, -0.2) is 23.6 Å². The molecular formula is C24H30O5. The molecule has 0 aliphatic heterocycles. The van der Waals surface area contributed by atoms with Gasteiger partial charge in [0.15, 0.2) is 0 Å². The van der Waals surface area contributed by atoms with Crippen molar-refractivity contribution in [2.45, 2.75) is 53.1 Å². The van der Waals surface area contributed by atoms with Crippen molar-refractivity contribution in [1.82, 2.24) is 0 Å². The van der Waals surface area contributed by atoms with Gasteiger partial charge in [0.1, 0.15) is 17.1 Å². The van der Waals surface area contributed by atoms with Crippen molar-refractivity contribution < 1.29 is 19.1 Å². The highest BCUT2D eigenvalue weighted by molar-refractivity contribution is 5.82. The van der Waals surface area contributed by atoms with Gasteiger partial charge in [0, 0.05) is 40.7 Å². The number of rotatable bonds is 3. The zero-order valence-electron chi connectivity index (χ0n) is 17.6. The third kappa shape index (κ3) is 3.10. The highest BCUT2D eigenvalue weighted by atomic mass is 16.5. The van der Waals surface area contributed by atoms with Crippen LogP contribution >= 0.6 is 0 Å². The fourth-order valence-electron chi connectivity index (χ4n) is 5.84. The Hall–Kier alpha value is -2.14. The van der Waals surface area contributed by atoms with Gasteiger partial charge < -0.3 is 14.3 Å². The minimum atomic E-state index is -0.482. The van der Waals surface area contributed by atoms with Crippen LogP contribution in [0.15, 0.2) is 39.5 Å². The Morgan fingerprint density at radius 3 is 2.66 bits per heavy atom. The average Bonchev–Trinajstić information content (AvgIpc) is 2.69. The quantitative estimate of drug-likeness (QED) is 0.784. The summed E-state index contributed by atoms with van der Waals surface area (Å²) in [7, 11) is 0. The molecule has 1 aromatic heterocycles. The number of carbonyl (C=O) groups excluding carboxylic acids is 1. The second-order valence-electron chi connectivity index (χ2n) is 9.55. The van der Waals surface area contributed by atoms with Crippen LogP contribution in [0, 0.1) is 28.6 Å². The molecule has 2 aliphatic carbocycles. The van der Waals surface area contributed by atoms with Crippen LogP contribution < -0.4 is 10.4 Å². The number of aliphatic hydroxyl groups excluding tert-OH is 1. The second-order valence-corrected chi connectivity index (χ2v) is 9.55. The first-order chi connectivity index (χ1) is 13.7. The molecule has 1 N–H and O–H groups in total. The first kappa shape index (κ1) is 20.1. The van der Waals surface area contributed by atoms with Crippen LogP contribution in [0.5, 0.6) is 5.75 Å². The van der Waals surface area contributed by atoms with Crippen molar-refractivity contribution in [2.24, 2.45) is 28.6 Å². The Balaban J connectivity index is 1.63. The largest absolute Gasteiger partial charge is 0.493 e. The SMILES string of the molecule is C[C@@H]1C[C@@H](O)[C@]2(C)[C@@H](C)C(=O)CC[C@H]2[C@]1(C)COc1ccc2ccc(=O)oc2c1. The van der Waals surface area contributed by atoms with E-state index in [1.165, 1.54) is 6.07 Å². The Kier molecular flexibility index (Phi) is 4.85. The van der Waals surface area contributed by atoms with Crippen LogP contribution in [-0.2, 0) is 4.79 Å². The number of carbonyl (C=O) groups is 1. The van der Waals surface area contributed by atoms with Gasteiger partial charge in [-0.3, -0.25) is 4.79 Å². The highest BCUT2D eigenvalue weighted by Crippen LogP contribution is 2.61. The number of benzene rings is 1. The predicted molar refractivity (Wildman–Crippen MR) is 111 cm³/mol. The summed E-state index contributed by atoms with van der Waals surface area (Å²) in [5, 5.41) is 11.8. The molecule has 0 amide bonds. The molecule has 0 saturated heterocycles. The van der Waals surface area contributed by atoms with Gasteiger partial charge in [-0.2, -0.15) is 0 Å². The van der Waals surface area contributed by atoms with Gasteiger partial charge in [0.25, 0.3) is 0 Å². The topological polar surface area (TPSA) is 76.7 Å². The molecule has 4 rings (SSSR count). The number of Topliss-reactive ketones (excluding diaryl/α,β-unsaturated/α-hetero) is 1. The fraction of sp³-hybridized carbons (Fsp3) is 0.583. The lowest BCUT2D eigenvalue weighted by Crippen LogP contribution is -2.62. The number of aliphatic hydroxyl groups is 1. The summed E-state index contributed by atoms with van der Waals surface area (Å²) in [5.74, 6) is 1.21. The molecular weight excluding hydrogens is 368 g/mol. The molecule has 1 aromatic carbocycles. The van der Waals surface area contributed by atoms with Crippen molar-refractivity contribution in [3.8, 4) is 5.75 Å². The lowest BCUT2D eigenvalue weighted by atomic mass is 9.44. The van der Waals surface area contributed by atoms with Crippen molar-refractivity contribution >= 4 is 16.8 Å². The Bertz CT molecular complexity index is 994. The number of ether oxygens (including phenoxy) is 1. The summed E-state index contributed by atoms with van der Waals surface area (Å²) >= 11 is 0. The second kappa shape index (κ2) is 6.98. The Morgan fingerprint density at radius 2 is 1.90 bits per heavy atom. The first-order valence-electron chi connectivity index (χ1n) is 10.5. The van der Waals surface area contributed by atoms with E-state index in [-0.39, 0.29) is 34.6 Å². The standard InChI is InChI=1S/C24H30O5/c1-14-11-21(26)24(4)15(2)18(25)8-9-20(24)23(14,3)13-28-17-7-5-16-6-10-22(27)29-19(16)12-17/h5-7,10,12,14-15,20-21,26H,8-9,11,13H2,1-4H3/t14-,15+,20+,21-,23-,24-/m1/s1. The molecule has 2 saturated carbocycles. The molecule has 5 heteroatoms. The molecule has 2 fully saturated rings. The molecule has 2 aliphatic rings. The third-order valence-electron chi connectivity index (χ3n) is 8.21. The van der Waals surface area contributed by atoms with E-state index in [1.807, 2.05) is 19.1 Å². The van der Waals surface area contributed by atoms with E-state index in [9.17, 15) is 14.7 Å². The van der Waals surface area contributed by atoms with Crippen LogP contribution in [0.3, 0.4) is 0 Å². The maximum atomic E-state index is 12.4. The zero-order valence-corrected chi connectivity index (χ0v) is 17.6. The van der Waals surface area contributed by atoms with Gasteiger partial charge in [-0.1, -0.05) is 27.7 Å². The van der Waals surface area contributed by atoms with Gasteiger partial charge >= 0.3 is 5.63 Å². The van der Waals surface area contributed by atoms with Crippen LogP contribution in [0.25, 0.3) is 11.0 Å². The molecule has 1 heterocycles. The van der Waals surface area contributed by atoms with E-state index >= 15 is 0 Å². The molecule has 156 valence electrons. The minimum Gasteiger partial charge on any atom is -0.493 e. The lowest BCUT2D eigenvalue weighted by molar-refractivity contribution is -0.186. The van der Waals surface area contributed by atoms with Crippen molar-refractivity contribution in [3.63, 3.8) is 0 Å². The summed E-state index contributed by atoms with van der Waals surface area (Å²) in [6.45, 7) is 8.95. The van der Waals surface area contributed by atoms with E-state index in [1.54, 1.807) is 12.1 Å². The maximum Gasteiger partial charge on any atom is 0.336 e. The molecule has 6 atom stereocenters. The monoisotopic (exact) mass is 398 g/mol. The highest BCUT2D eigenvalue weighted by Gasteiger charge is 2.61. The van der Waals surface area contributed by atoms with E-state index < -0.39 is 11.5 Å². The van der Waals surface area contributed by atoms with Gasteiger partial charge in [-0.25, -0.2) is 4.79 Å². The summed E-state index contributed by atoms with van der Waals surface area (Å²) in [6.07, 6.45) is 1.53. The van der Waals surface area contributed by atoms with Crippen LogP contribution in [0.4, 0.5) is 0 Å². The number of fused-ring (bicyclic) bond motifs is 2. The van der Waals surface area contributed by atoms with Gasteiger partial charge in [0.05, 0.1) is 12.7 Å². The van der Waals surface area contributed by atoms with E-state index in [4.69, 9.17) is 9.15 Å². The molecule has 5 nitrogen and oxygen atoms in total. The molecule has 0 spiro atoms. The zero-order chi connectivity index (χ0) is 21.0.